The van der Waals surface area contributed by atoms with E-state index in [9.17, 15) is 15.2 Å². The molecule has 2 atom stereocenters. The highest BCUT2D eigenvalue weighted by atomic mass is 32.1. The number of nitrogens with zero attached hydrogens (tertiary/aromatic N) is 3. The average molecular weight is 297 g/mol. The minimum absolute atomic E-state index is 0.136. The van der Waals surface area contributed by atoms with Crippen LogP contribution in [0.1, 0.15) is 30.7 Å². The van der Waals surface area contributed by atoms with E-state index < -0.39 is 6.10 Å². The molecule has 1 aromatic rings. The Morgan fingerprint density at radius 2 is 2.30 bits per heavy atom. The third-order valence-corrected chi connectivity index (χ3v) is 5.55. The van der Waals surface area contributed by atoms with Crippen LogP contribution < -0.4 is 4.90 Å². The zero-order valence-electron chi connectivity index (χ0n) is 11.5. The van der Waals surface area contributed by atoms with E-state index in [2.05, 4.69) is 9.80 Å². The van der Waals surface area contributed by atoms with Gasteiger partial charge in [-0.2, -0.15) is 0 Å². The van der Waals surface area contributed by atoms with Gasteiger partial charge in [-0.25, -0.2) is 0 Å². The first kappa shape index (κ1) is 13.8. The zero-order chi connectivity index (χ0) is 14.3. The monoisotopic (exact) mass is 297 g/mol. The summed E-state index contributed by atoms with van der Waals surface area (Å²) < 4.78 is 0. The fraction of sp³-hybridized carbons (Fsp3) is 0.692. The quantitative estimate of drug-likeness (QED) is 0.682. The number of hydrogen-bond acceptors (Lipinski definition) is 6. The molecule has 0 aromatic carbocycles. The molecule has 2 aliphatic rings. The van der Waals surface area contributed by atoms with Gasteiger partial charge in [-0.05, 0) is 26.3 Å². The van der Waals surface area contributed by atoms with Crippen molar-refractivity contribution >= 4 is 22.0 Å². The van der Waals surface area contributed by atoms with Crippen LogP contribution >= 0.6 is 11.3 Å². The molecule has 0 saturated carbocycles. The summed E-state index contributed by atoms with van der Waals surface area (Å²) in [5.41, 5.74) is 0.136. The number of aliphatic hydroxyl groups excluding tert-OH is 1. The first-order chi connectivity index (χ1) is 9.56. The Hall–Kier alpha value is -1.18. The molecule has 2 aliphatic heterocycles. The summed E-state index contributed by atoms with van der Waals surface area (Å²) >= 11 is 1.35. The SMILES string of the molecule is C[C@@H](O)c1cc([N+](=O)[O-])c(N2CCN3CCCC3C2)s1. The lowest BCUT2D eigenvalue weighted by Gasteiger charge is -2.37. The van der Waals surface area contributed by atoms with E-state index in [1.54, 1.807) is 6.92 Å². The standard InChI is InChI=1S/C13H19N3O3S/c1-9(17)12-7-11(16(18)19)13(20-12)15-6-5-14-4-2-3-10(14)8-15/h7,9-10,17H,2-6,8H2,1H3/t9-,10?/m1/s1. The molecule has 0 spiro atoms. The van der Waals surface area contributed by atoms with Gasteiger partial charge < -0.3 is 10.0 Å². The molecule has 6 nitrogen and oxygen atoms in total. The van der Waals surface area contributed by atoms with E-state index in [4.69, 9.17) is 0 Å². The van der Waals surface area contributed by atoms with Crippen LogP contribution in [0.25, 0.3) is 0 Å². The number of nitro groups is 1. The highest BCUT2D eigenvalue weighted by molar-refractivity contribution is 7.16. The van der Waals surface area contributed by atoms with Gasteiger partial charge in [0, 0.05) is 36.6 Å². The first-order valence-corrected chi connectivity index (χ1v) is 7.83. The van der Waals surface area contributed by atoms with E-state index in [1.807, 2.05) is 0 Å². The van der Waals surface area contributed by atoms with Gasteiger partial charge in [0.15, 0.2) is 5.00 Å². The number of aliphatic hydroxyl groups is 1. The summed E-state index contributed by atoms with van der Waals surface area (Å²) in [6.45, 7) is 5.47. The van der Waals surface area contributed by atoms with Crippen LogP contribution in [-0.4, -0.2) is 47.2 Å². The van der Waals surface area contributed by atoms with E-state index in [0.29, 0.717) is 15.9 Å². The maximum absolute atomic E-state index is 11.2. The van der Waals surface area contributed by atoms with Gasteiger partial charge in [0.05, 0.1) is 11.0 Å². The van der Waals surface area contributed by atoms with Crippen LogP contribution in [0.15, 0.2) is 6.07 Å². The predicted molar refractivity (Wildman–Crippen MR) is 78.4 cm³/mol. The highest BCUT2D eigenvalue weighted by Gasteiger charge is 2.34. The summed E-state index contributed by atoms with van der Waals surface area (Å²) in [6.07, 6.45) is 1.75. The van der Waals surface area contributed by atoms with Crippen LogP contribution in [0.4, 0.5) is 10.7 Å². The summed E-state index contributed by atoms with van der Waals surface area (Å²) in [4.78, 5) is 16.2. The Kier molecular flexibility index (Phi) is 3.66. The van der Waals surface area contributed by atoms with Crippen molar-refractivity contribution in [1.82, 2.24) is 4.90 Å². The Balaban J connectivity index is 1.87. The lowest BCUT2D eigenvalue weighted by molar-refractivity contribution is -0.383. The fourth-order valence-corrected chi connectivity index (χ4v) is 4.23. The molecule has 1 aromatic heterocycles. The molecular formula is C13H19N3O3S. The third kappa shape index (κ3) is 2.41. The second-order valence-corrected chi connectivity index (χ2v) is 6.61. The molecule has 0 aliphatic carbocycles. The normalized spacial score (nSPS) is 24.7. The molecule has 1 N–H and O–H groups in total. The van der Waals surface area contributed by atoms with Crippen molar-refractivity contribution in [2.45, 2.75) is 31.9 Å². The van der Waals surface area contributed by atoms with Crippen LogP contribution in [0, 0.1) is 10.1 Å². The number of hydrogen-bond donors (Lipinski definition) is 1. The van der Waals surface area contributed by atoms with Crippen molar-refractivity contribution in [3.05, 3.63) is 21.1 Å². The number of thiophene rings is 1. The van der Waals surface area contributed by atoms with Gasteiger partial charge in [-0.15, -0.1) is 11.3 Å². The molecule has 110 valence electrons. The molecule has 2 saturated heterocycles. The minimum atomic E-state index is -0.653. The molecule has 0 radical (unpaired) electrons. The van der Waals surface area contributed by atoms with Crippen molar-refractivity contribution in [3.63, 3.8) is 0 Å². The topological polar surface area (TPSA) is 69.8 Å². The number of fused-ring (bicyclic) bond motifs is 1. The van der Waals surface area contributed by atoms with Gasteiger partial charge in [-0.1, -0.05) is 0 Å². The summed E-state index contributed by atoms with van der Waals surface area (Å²) in [5, 5.41) is 21.6. The second-order valence-electron chi connectivity index (χ2n) is 5.55. The smallest absolute Gasteiger partial charge is 0.304 e. The molecule has 2 fully saturated rings. The molecule has 20 heavy (non-hydrogen) atoms. The maximum Gasteiger partial charge on any atom is 0.304 e. The molecule has 7 heteroatoms. The van der Waals surface area contributed by atoms with Crippen LogP contribution in [-0.2, 0) is 0 Å². The number of anilines is 1. The fourth-order valence-electron chi connectivity index (χ4n) is 3.13. The largest absolute Gasteiger partial charge is 0.388 e. The summed E-state index contributed by atoms with van der Waals surface area (Å²) in [6, 6.07) is 2.05. The molecular weight excluding hydrogens is 278 g/mol. The average Bonchev–Trinajstić information content (AvgIpc) is 3.04. The van der Waals surface area contributed by atoms with Crippen molar-refractivity contribution in [2.24, 2.45) is 0 Å². The Bertz CT molecular complexity index is 517. The lowest BCUT2D eigenvalue weighted by atomic mass is 10.1. The van der Waals surface area contributed by atoms with Crippen molar-refractivity contribution < 1.29 is 10.0 Å². The van der Waals surface area contributed by atoms with Gasteiger partial charge in [0.2, 0.25) is 0 Å². The van der Waals surface area contributed by atoms with Crippen LogP contribution in [0.3, 0.4) is 0 Å². The Labute approximate surface area is 121 Å². The van der Waals surface area contributed by atoms with Gasteiger partial charge in [-0.3, -0.25) is 15.0 Å². The Morgan fingerprint density at radius 1 is 1.50 bits per heavy atom. The molecule has 0 amide bonds. The summed E-state index contributed by atoms with van der Waals surface area (Å²) in [7, 11) is 0. The lowest BCUT2D eigenvalue weighted by Crippen LogP contribution is -2.50. The summed E-state index contributed by atoms with van der Waals surface area (Å²) in [5.74, 6) is 0. The van der Waals surface area contributed by atoms with Gasteiger partial charge in [0.25, 0.3) is 0 Å². The van der Waals surface area contributed by atoms with Gasteiger partial charge in [0.1, 0.15) is 0 Å². The van der Waals surface area contributed by atoms with E-state index in [-0.39, 0.29) is 10.6 Å². The zero-order valence-corrected chi connectivity index (χ0v) is 12.3. The van der Waals surface area contributed by atoms with E-state index in [1.165, 1.54) is 30.2 Å². The van der Waals surface area contributed by atoms with Gasteiger partial charge >= 0.3 is 5.69 Å². The molecule has 3 heterocycles. The van der Waals surface area contributed by atoms with Crippen molar-refractivity contribution in [2.75, 3.05) is 31.1 Å². The molecule has 3 rings (SSSR count). The van der Waals surface area contributed by atoms with Crippen molar-refractivity contribution in [3.8, 4) is 0 Å². The molecule has 1 unspecified atom stereocenters. The first-order valence-electron chi connectivity index (χ1n) is 7.01. The highest BCUT2D eigenvalue weighted by Crippen LogP contribution is 2.41. The second kappa shape index (κ2) is 5.31. The number of piperazine rings is 1. The van der Waals surface area contributed by atoms with Crippen molar-refractivity contribution in [1.29, 1.82) is 0 Å². The maximum atomic E-state index is 11.2. The van der Waals surface area contributed by atoms with Crippen LogP contribution in [0.5, 0.6) is 0 Å². The molecule has 0 bridgehead atoms. The Morgan fingerprint density at radius 3 is 3.00 bits per heavy atom. The van der Waals surface area contributed by atoms with Crippen LogP contribution in [0.2, 0.25) is 0 Å². The van der Waals surface area contributed by atoms with E-state index in [0.717, 1.165) is 26.2 Å². The third-order valence-electron chi connectivity index (χ3n) is 4.20. The number of rotatable bonds is 3. The van der Waals surface area contributed by atoms with E-state index >= 15 is 0 Å². The minimum Gasteiger partial charge on any atom is -0.388 e. The predicted octanol–water partition coefficient (Wildman–Crippen LogP) is 1.99.